The van der Waals surface area contributed by atoms with E-state index in [4.69, 9.17) is 4.74 Å². The van der Waals surface area contributed by atoms with Gasteiger partial charge < -0.3 is 4.74 Å². The molecule has 0 amide bonds. The number of aromatic nitrogens is 4. The van der Waals surface area contributed by atoms with Gasteiger partial charge in [0.15, 0.2) is 0 Å². The van der Waals surface area contributed by atoms with Gasteiger partial charge in [-0.15, -0.1) is 0 Å². The molecule has 26 heavy (non-hydrogen) atoms. The summed E-state index contributed by atoms with van der Waals surface area (Å²) in [5.41, 5.74) is 1.72. The van der Waals surface area contributed by atoms with Crippen LogP contribution in [-0.2, 0) is 9.53 Å². The van der Waals surface area contributed by atoms with E-state index in [0.29, 0.717) is 19.0 Å². The molecule has 0 bridgehead atoms. The molecule has 2 heterocycles. The van der Waals surface area contributed by atoms with Gasteiger partial charge in [-0.2, -0.15) is 0 Å². The van der Waals surface area contributed by atoms with Crippen LogP contribution in [0.4, 0.5) is 5.95 Å². The summed E-state index contributed by atoms with van der Waals surface area (Å²) in [7, 11) is 0. The third-order valence-electron chi connectivity index (χ3n) is 4.70. The summed E-state index contributed by atoms with van der Waals surface area (Å²) in [6, 6.07) is 13.8. The van der Waals surface area contributed by atoms with Gasteiger partial charge in [-0.25, -0.2) is 9.67 Å². The number of carbonyl (C=O) groups excluding carboxylic acids is 1. The molecular formula is C19H19N5O2. The number of nitrogens with zero attached hydrogens (tertiary/aromatic N) is 5. The average molecular weight is 349 g/mol. The highest BCUT2D eigenvalue weighted by Gasteiger charge is 2.41. The standard InChI is InChI=1S/C19H19N5O2/c1-3-15-16(18(25)26-4-2)17(24-19(20-15)21-22-23-24)14-11-7-9-12-8-5-6-10-13(12)14/h5-11,16-17H,3-4H2,1-2H3. The van der Waals surface area contributed by atoms with Crippen molar-refractivity contribution in [3.63, 3.8) is 0 Å². The zero-order chi connectivity index (χ0) is 18.1. The maximum absolute atomic E-state index is 12.8. The lowest BCUT2D eigenvalue weighted by Gasteiger charge is -2.30. The Kier molecular flexibility index (Phi) is 4.20. The number of carbonyl (C=O) groups is 1. The molecule has 1 aliphatic rings. The van der Waals surface area contributed by atoms with Crippen molar-refractivity contribution < 1.29 is 9.53 Å². The number of esters is 1. The van der Waals surface area contributed by atoms with Gasteiger partial charge in [0.05, 0.1) is 6.61 Å². The van der Waals surface area contributed by atoms with E-state index in [2.05, 4.69) is 32.7 Å². The summed E-state index contributed by atoms with van der Waals surface area (Å²) < 4.78 is 6.99. The van der Waals surface area contributed by atoms with Gasteiger partial charge in [-0.1, -0.05) is 54.5 Å². The molecule has 1 aliphatic heterocycles. The quantitative estimate of drug-likeness (QED) is 0.676. The van der Waals surface area contributed by atoms with E-state index in [1.807, 2.05) is 37.3 Å². The van der Waals surface area contributed by atoms with E-state index < -0.39 is 12.0 Å². The van der Waals surface area contributed by atoms with E-state index >= 15 is 0 Å². The van der Waals surface area contributed by atoms with Gasteiger partial charge in [0, 0.05) is 5.71 Å². The number of benzene rings is 2. The maximum Gasteiger partial charge on any atom is 0.317 e. The van der Waals surface area contributed by atoms with Crippen LogP contribution >= 0.6 is 0 Å². The number of hydrogen-bond donors (Lipinski definition) is 0. The van der Waals surface area contributed by atoms with Crippen molar-refractivity contribution in [2.45, 2.75) is 26.3 Å². The fourth-order valence-corrected chi connectivity index (χ4v) is 3.58. The lowest BCUT2D eigenvalue weighted by atomic mass is 9.84. The Morgan fingerprint density at radius 3 is 2.77 bits per heavy atom. The molecule has 0 saturated heterocycles. The molecule has 2 aromatic carbocycles. The predicted molar refractivity (Wildman–Crippen MR) is 97.4 cm³/mol. The van der Waals surface area contributed by atoms with Crippen LogP contribution < -0.4 is 0 Å². The van der Waals surface area contributed by atoms with E-state index in [1.54, 1.807) is 11.6 Å². The number of hydrogen-bond acceptors (Lipinski definition) is 6. The Labute approximate surface area is 150 Å². The van der Waals surface area contributed by atoms with Crippen molar-refractivity contribution in [1.29, 1.82) is 0 Å². The van der Waals surface area contributed by atoms with Crippen molar-refractivity contribution in [1.82, 2.24) is 20.2 Å². The molecule has 3 aromatic rings. The second kappa shape index (κ2) is 6.67. The van der Waals surface area contributed by atoms with Crippen LogP contribution in [0.15, 0.2) is 47.5 Å². The first-order valence-corrected chi connectivity index (χ1v) is 8.74. The second-order valence-corrected chi connectivity index (χ2v) is 6.12. The topological polar surface area (TPSA) is 82.3 Å². The van der Waals surface area contributed by atoms with Crippen molar-refractivity contribution in [3.8, 4) is 0 Å². The highest BCUT2D eigenvalue weighted by atomic mass is 16.5. The first-order valence-electron chi connectivity index (χ1n) is 8.74. The van der Waals surface area contributed by atoms with Crippen LogP contribution in [0, 0.1) is 5.92 Å². The van der Waals surface area contributed by atoms with Crippen LogP contribution in [0.3, 0.4) is 0 Å². The minimum Gasteiger partial charge on any atom is -0.465 e. The van der Waals surface area contributed by atoms with E-state index in [-0.39, 0.29) is 5.97 Å². The molecular weight excluding hydrogens is 330 g/mol. The Morgan fingerprint density at radius 1 is 1.15 bits per heavy atom. The van der Waals surface area contributed by atoms with Crippen molar-refractivity contribution in [2.75, 3.05) is 6.61 Å². The summed E-state index contributed by atoms with van der Waals surface area (Å²) in [4.78, 5) is 17.3. The Morgan fingerprint density at radius 2 is 1.96 bits per heavy atom. The smallest absolute Gasteiger partial charge is 0.317 e. The zero-order valence-electron chi connectivity index (χ0n) is 14.7. The number of ether oxygens (including phenoxy) is 1. The Bertz CT molecular complexity index is 989. The molecule has 132 valence electrons. The third-order valence-corrected chi connectivity index (χ3v) is 4.70. The number of rotatable bonds is 4. The predicted octanol–water partition coefficient (Wildman–Crippen LogP) is 3.09. The average Bonchev–Trinajstić information content (AvgIpc) is 3.14. The van der Waals surface area contributed by atoms with Crippen LogP contribution in [0.2, 0.25) is 0 Å². The molecule has 0 aliphatic carbocycles. The normalized spacial score (nSPS) is 19.1. The minimum absolute atomic E-state index is 0.299. The van der Waals surface area contributed by atoms with Crippen LogP contribution in [-0.4, -0.2) is 38.5 Å². The van der Waals surface area contributed by atoms with Crippen molar-refractivity contribution in [3.05, 3.63) is 48.0 Å². The molecule has 1 aromatic heterocycles. The summed E-state index contributed by atoms with van der Waals surface area (Å²) in [6.45, 7) is 4.10. The van der Waals surface area contributed by atoms with Crippen LogP contribution in [0.25, 0.3) is 10.8 Å². The first kappa shape index (κ1) is 16.4. The van der Waals surface area contributed by atoms with Gasteiger partial charge in [-0.05, 0) is 40.1 Å². The molecule has 7 heteroatoms. The van der Waals surface area contributed by atoms with Crippen LogP contribution in [0.5, 0.6) is 0 Å². The maximum atomic E-state index is 12.8. The van der Waals surface area contributed by atoms with Gasteiger partial charge >= 0.3 is 5.97 Å². The number of tetrazole rings is 1. The zero-order valence-corrected chi connectivity index (χ0v) is 14.7. The van der Waals surface area contributed by atoms with Crippen LogP contribution in [0.1, 0.15) is 31.9 Å². The van der Waals surface area contributed by atoms with Gasteiger partial charge in [0.25, 0.3) is 5.95 Å². The number of fused-ring (bicyclic) bond motifs is 2. The molecule has 2 atom stereocenters. The fourth-order valence-electron chi connectivity index (χ4n) is 3.58. The van der Waals surface area contributed by atoms with E-state index in [0.717, 1.165) is 22.0 Å². The van der Waals surface area contributed by atoms with Crippen molar-refractivity contribution in [2.24, 2.45) is 10.9 Å². The highest BCUT2D eigenvalue weighted by molar-refractivity contribution is 6.05. The minimum atomic E-state index is -0.554. The van der Waals surface area contributed by atoms with Gasteiger partial charge in [-0.3, -0.25) is 4.79 Å². The molecule has 0 N–H and O–H groups in total. The highest BCUT2D eigenvalue weighted by Crippen LogP contribution is 2.38. The molecule has 0 saturated carbocycles. The monoisotopic (exact) mass is 349 g/mol. The largest absolute Gasteiger partial charge is 0.465 e. The lowest BCUT2D eigenvalue weighted by Crippen LogP contribution is -2.38. The van der Waals surface area contributed by atoms with Gasteiger partial charge in [0.1, 0.15) is 12.0 Å². The van der Waals surface area contributed by atoms with Crippen molar-refractivity contribution >= 4 is 28.4 Å². The Balaban J connectivity index is 1.96. The molecule has 7 nitrogen and oxygen atoms in total. The summed E-state index contributed by atoms with van der Waals surface area (Å²) in [5.74, 6) is -0.436. The molecule has 4 rings (SSSR count). The fraction of sp³-hybridized carbons (Fsp3) is 0.316. The third kappa shape index (κ3) is 2.56. The molecule has 2 unspecified atom stereocenters. The molecule has 0 spiro atoms. The molecule has 0 radical (unpaired) electrons. The van der Waals surface area contributed by atoms with E-state index in [9.17, 15) is 4.79 Å². The first-order chi connectivity index (χ1) is 12.7. The second-order valence-electron chi connectivity index (χ2n) is 6.12. The lowest BCUT2D eigenvalue weighted by molar-refractivity contribution is -0.146. The summed E-state index contributed by atoms with van der Waals surface area (Å²) in [6.07, 6.45) is 0.623. The van der Waals surface area contributed by atoms with Gasteiger partial charge in [0.2, 0.25) is 0 Å². The van der Waals surface area contributed by atoms with E-state index in [1.165, 1.54) is 0 Å². The summed E-state index contributed by atoms with van der Waals surface area (Å²) >= 11 is 0. The number of aliphatic imine (C=N–C) groups is 1. The Hall–Kier alpha value is -3.09. The SMILES string of the molecule is CCOC(=O)C1C(CC)=Nc2nnnn2C1c1cccc2ccccc12. The summed E-state index contributed by atoms with van der Waals surface area (Å²) in [5, 5.41) is 14.1. The molecule has 0 fully saturated rings.